The lowest BCUT2D eigenvalue weighted by Crippen LogP contribution is -2.31. The zero-order valence-corrected chi connectivity index (χ0v) is 10.6. The van der Waals surface area contributed by atoms with Crippen molar-refractivity contribution in [3.05, 3.63) is 34.4 Å². The number of aromatic nitrogens is 3. The van der Waals surface area contributed by atoms with Gasteiger partial charge in [-0.3, -0.25) is 14.3 Å². The molecule has 18 heavy (non-hydrogen) atoms. The topological polar surface area (TPSA) is 53.4 Å². The molecule has 0 unspecified atom stereocenters. The predicted octanol–water partition coefficient (Wildman–Crippen LogP) is 0.907. The molecule has 5 nitrogen and oxygen atoms in total. The first-order valence-electron chi connectivity index (χ1n) is 6.46. The molecule has 3 heterocycles. The van der Waals surface area contributed by atoms with Gasteiger partial charge >= 0.3 is 0 Å². The monoisotopic (exact) mass is 246 g/mol. The molecule has 3 rings (SSSR count). The normalized spacial score (nSPS) is 18.5. The van der Waals surface area contributed by atoms with Crippen molar-refractivity contribution < 1.29 is 0 Å². The van der Waals surface area contributed by atoms with Gasteiger partial charge in [-0.05, 0) is 38.9 Å². The van der Waals surface area contributed by atoms with Crippen LogP contribution in [0.4, 0.5) is 0 Å². The molecular weight excluding hydrogens is 228 g/mol. The molecule has 0 spiro atoms. The Balaban J connectivity index is 1.80. The Hall–Kier alpha value is -1.62. The summed E-state index contributed by atoms with van der Waals surface area (Å²) in [6.07, 6.45) is 5.25. The Morgan fingerprint density at radius 1 is 1.44 bits per heavy atom. The second-order valence-electron chi connectivity index (χ2n) is 5.21. The number of pyridine rings is 1. The number of nitrogens with one attached hydrogen (secondary N) is 1. The minimum Gasteiger partial charge on any atom is -0.306 e. The Bertz CT molecular complexity index is 592. The second kappa shape index (κ2) is 4.57. The van der Waals surface area contributed by atoms with E-state index < -0.39 is 0 Å². The number of hydrogen-bond donors (Lipinski definition) is 1. The number of H-pyrrole nitrogens is 1. The molecule has 1 N–H and O–H groups in total. The Kier molecular flexibility index (Phi) is 2.91. The highest BCUT2D eigenvalue weighted by Crippen LogP contribution is 2.20. The van der Waals surface area contributed by atoms with Crippen LogP contribution in [0.2, 0.25) is 0 Å². The molecule has 0 radical (unpaired) electrons. The molecule has 5 heteroatoms. The average molecular weight is 246 g/mol. The third-order valence-corrected chi connectivity index (χ3v) is 3.81. The summed E-state index contributed by atoms with van der Waals surface area (Å²) in [5.41, 5.74) is 0.801. The van der Waals surface area contributed by atoms with Crippen LogP contribution >= 0.6 is 0 Å². The van der Waals surface area contributed by atoms with Crippen molar-refractivity contribution >= 4 is 5.65 Å². The number of hydrogen-bond acceptors (Lipinski definition) is 3. The van der Waals surface area contributed by atoms with Crippen LogP contribution in [-0.4, -0.2) is 39.6 Å². The standard InChI is InChI=1S/C13H18N4O/c1-16-5-2-10(3-6-16)8-12-14-15-13-9-11(18)4-7-17(12)13/h4,7,9-10,15H,2-3,5-6,8H2,1H3. The van der Waals surface area contributed by atoms with Crippen LogP contribution in [0.5, 0.6) is 0 Å². The molecule has 1 aliphatic heterocycles. The van der Waals surface area contributed by atoms with E-state index in [4.69, 9.17) is 0 Å². The molecule has 0 aliphatic carbocycles. The highest BCUT2D eigenvalue weighted by molar-refractivity contribution is 5.37. The second-order valence-corrected chi connectivity index (χ2v) is 5.21. The Labute approximate surface area is 105 Å². The van der Waals surface area contributed by atoms with Crippen LogP contribution in [0, 0.1) is 5.92 Å². The minimum atomic E-state index is 0.0180. The molecule has 1 saturated heterocycles. The van der Waals surface area contributed by atoms with Gasteiger partial charge in [-0.15, -0.1) is 0 Å². The van der Waals surface area contributed by atoms with Gasteiger partial charge in [0.1, 0.15) is 11.5 Å². The van der Waals surface area contributed by atoms with Gasteiger partial charge in [0.25, 0.3) is 0 Å². The molecule has 96 valence electrons. The first-order valence-corrected chi connectivity index (χ1v) is 6.46. The quantitative estimate of drug-likeness (QED) is 0.857. The van der Waals surface area contributed by atoms with Crippen molar-refractivity contribution in [2.45, 2.75) is 19.3 Å². The lowest BCUT2D eigenvalue weighted by Gasteiger charge is -2.28. The number of likely N-dealkylation sites (tertiary alicyclic amines) is 1. The molecule has 1 fully saturated rings. The maximum Gasteiger partial charge on any atom is 0.183 e. The van der Waals surface area contributed by atoms with Gasteiger partial charge in [0, 0.05) is 24.8 Å². The van der Waals surface area contributed by atoms with E-state index in [-0.39, 0.29) is 5.43 Å². The molecule has 0 aromatic carbocycles. The van der Waals surface area contributed by atoms with Gasteiger partial charge in [0.2, 0.25) is 0 Å². The van der Waals surface area contributed by atoms with Crippen molar-refractivity contribution in [2.75, 3.05) is 20.1 Å². The fourth-order valence-corrected chi connectivity index (χ4v) is 2.64. The van der Waals surface area contributed by atoms with Crippen molar-refractivity contribution in [3.8, 4) is 0 Å². The van der Waals surface area contributed by atoms with Gasteiger partial charge < -0.3 is 4.90 Å². The van der Waals surface area contributed by atoms with Gasteiger partial charge in [0.05, 0.1) is 0 Å². The maximum atomic E-state index is 11.3. The molecule has 0 amide bonds. The first-order chi connectivity index (χ1) is 8.72. The van der Waals surface area contributed by atoms with Gasteiger partial charge in [-0.1, -0.05) is 0 Å². The Morgan fingerprint density at radius 3 is 3.00 bits per heavy atom. The van der Waals surface area contributed by atoms with Crippen LogP contribution < -0.4 is 5.43 Å². The van der Waals surface area contributed by atoms with Crippen molar-refractivity contribution in [3.63, 3.8) is 0 Å². The molecule has 2 aromatic heterocycles. The molecule has 0 bridgehead atoms. The lowest BCUT2D eigenvalue weighted by molar-refractivity contribution is 0.217. The molecule has 0 saturated carbocycles. The van der Waals surface area contributed by atoms with E-state index in [0.717, 1.165) is 17.9 Å². The Morgan fingerprint density at radius 2 is 2.22 bits per heavy atom. The number of fused-ring (bicyclic) bond motifs is 1. The molecule has 2 aromatic rings. The van der Waals surface area contributed by atoms with E-state index in [2.05, 4.69) is 22.1 Å². The fourth-order valence-electron chi connectivity index (χ4n) is 2.64. The van der Waals surface area contributed by atoms with Crippen molar-refractivity contribution in [1.29, 1.82) is 0 Å². The van der Waals surface area contributed by atoms with Crippen molar-refractivity contribution in [2.24, 2.45) is 5.92 Å². The summed E-state index contributed by atoms with van der Waals surface area (Å²) in [6, 6.07) is 3.17. The van der Waals surface area contributed by atoms with E-state index in [1.165, 1.54) is 25.9 Å². The highest BCUT2D eigenvalue weighted by Gasteiger charge is 2.19. The molecule has 0 atom stereocenters. The van der Waals surface area contributed by atoms with Crippen LogP contribution in [0.1, 0.15) is 18.7 Å². The third kappa shape index (κ3) is 2.18. The number of piperidine rings is 1. The summed E-state index contributed by atoms with van der Waals surface area (Å²) < 4.78 is 1.99. The number of aromatic amines is 1. The zero-order chi connectivity index (χ0) is 12.5. The average Bonchev–Trinajstić information content (AvgIpc) is 2.74. The van der Waals surface area contributed by atoms with Crippen LogP contribution in [0.15, 0.2) is 23.1 Å². The van der Waals surface area contributed by atoms with E-state index in [1.807, 2.05) is 10.6 Å². The minimum absolute atomic E-state index is 0.0180. The summed E-state index contributed by atoms with van der Waals surface area (Å²) in [5.74, 6) is 1.73. The van der Waals surface area contributed by atoms with E-state index in [1.54, 1.807) is 12.1 Å². The van der Waals surface area contributed by atoms with Crippen LogP contribution in [0.3, 0.4) is 0 Å². The van der Waals surface area contributed by atoms with Crippen LogP contribution in [0.25, 0.3) is 5.65 Å². The molecular formula is C13H18N4O. The number of nitrogens with zero attached hydrogens (tertiary/aromatic N) is 3. The van der Waals surface area contributed by atoms with E-state index in [0.29, 0.717) is 5.92 Å². The summed E-state index contributed by atoms with van der Waals surface area (Å²) in [4.78, 5) is 13.6. The van der Waals surface area contributed by atoms with Gasteiger partial charge in [-0.25, -0.2) is 0 Å². The van der Waals surface area contributed by atoms with Gasteiger partial charge in [-0.2, -0.15) is 5.10 Å². The summed E-state index contributed by atoms with van der Waals surface area (Å²) >= 11 is 0. The zero-order valence-electron chi connectivity index (χ0n) is 10.6. The SMILES string of the molecule is CN1CCC(Cc2n[nH]c3cc(=O)ccn23)CC1. The number of rotatable bonds is 2. The van der Waals surface area contributed by atoms with Crippen molar-refractivity contribution in [1.82, 2.24) is 19.5 Å². The maximum absolute atomic E-state index is 11.3. The fraction of sp³-hybridized carbons (Fsp3) is 0.538. The lowest BCUT2D eigenvalue weighted by atomic mass is 9.93. The third-order valence-electron chi connectivity index (χ3n) is 3.81. The molecule has 1 aliphatic rings. The predicted molar refractivity (Wildman–Crippen MR) is 69.7 cm³/mol. The first kappa shape index (κ1) is 11.5. The van der Waals surface area contributed by atoms with Gasteiger partial charge in [0.15, 0.2) is 5.43 Å². The summed E-state index contributed by atoms with van der Waals surface area (Å²) in [5, 5.41) is 7.26. The largest absolute Gasteiger partial charge is 0.306 e. The smallest absolute Gasteiger partial charge is 0.183 e. The van der Waals surface area contributed by atoms with Crippen LogP contribution in [-0.2, 0) is 6.42 Å². The summed E-state index contributed by atoms with van der Waals surface area (Å²) in [7, 11) is 2.17. The summed E-state index contributed by atoms with van der Waals surface area (Å²) in [6.45, 7) is 2.34. The van der Waals surface area contributed by atoms with E-state index >= 15 is 0 Å². The van der Waals surface area contributed by atoms with E-state index in [9.17, 15) is 4.79 Å². The highest BCUT2D eigenvalue weighted by atomic mass is 16.1.